The molecule has 4 atom stereocenters. The summed E-state index contributed by atoms with van der Waals surface area (Å²) in [5.41, 5.74) is 0.286. The Kier molecular flexibility index (Phi) is 4.56. The molecule has 4 heterocycles. The van der Waals surface area contributed by atoms with Crippen molar-refractivity contribution in [1.82, 2.24) is 4.90 Å². The zero-order chi connectivity index (χ0) is 24.8. The van der Waals surface area contributed by atoms with Gasteiger partial charge in [-0.25, -0.2) is 4.90 Å². The standard InChI is InChI=1S/C24H21ClN4O6/c1-11-14(25)7-6-13-20(11)26-23(32)24(13)19-18(15-4-3-9-27(15)24)21(30)28(22(19)31)16-10-12(29(33)34)5-8-17(16)35-2/h5-8,10,15,18-19H,3-4,9H2,1-2H3,(H,26,32)/t15-,18+,19-,24-/m0/s1. The summed E-state index contributed by atoms with van der Waals surface area (Å²) in [6, 6.07) is 6.94. The molecule has 11 heteroatoms. The molecule has 1 spiro atoms. The number of carbonyl (C=O) groups excluding carboxylic acids is 3. The van der Waals surface area contributed by atoms with E-state index < -0.39 is 34.1 Å². The second-order valence-electron chi connectivity index (χ2n) is 9.35. The van der Waals surface area contributed by atoms with Crippen LogP contribution < -0.4 is 15.0 Å². The number of halogens is 1. The third kappa shape index (κ3) is 2.55. The van der Waals surface area contributed by atoms with E-state index in [1.54, 1.807) is 19.1 Å². The largest absolute Gasteiger partial charge is 0.495 e. The van der Waals surface area contributed by atoms with Gasteiger partial charge in [0, 0.05) is 28.8 Å². The Bertz CT molecular complexity index is 1360. The van der Waals surface area contributed by atoms with Crippen molar-refractivity contribution in [2.75, 3.05) is 23.9 Å². The summed E-state index contributed by atoms with van der Waals surface area (Å²) < 4.78 is 5.35. The van der Waals surface area contributed by atoms with Crippen molar-refractivity contribution in [2.45, 2.75) is 31.3 Å². The molecule has 4 aliphatic rings. The minimum atomic E-state index is -1.36. The van der Waals surface area contributed by atoms with Gasteiger partial charge in [0.25, 0.3) is 5.69 Å². The molecule has 0 aromatic heterocycles. The highest BCUT2D eigenvalue weighted by molar-refractivity contribution is 6.32. The van der Waals surface area contributed by atoms with Crippen LogP contribution >= 0.6 is 11.6 Å². The Morgan fingerprint density at radius 3 is 2.69 bits per heavy atom. The van der Waals surface area contributed by atoms with E-state index in [1.807, 2.05) is 4.90 Å². The minimum absolute atomic E-state index is 0.0108. The summed E-state index contributed by atoms with van der Waals surface area (Å²) in [7, 11) is 1.36. The van der Waals surface area contributed by atoms with E-state index in [9.17, 15) is 24.5 Å². The third-order valence-electron chi connectivity index (χ3n) is 7.98. The molecule has 1 N–H and O–H groups in total. The number of fused-ring (bicyclic) bond motifs is 7. The van der Waals surface area contributed by atoms with Crippen molar-refractivity contribution >= 4 is 46.4 Å². The topological polar surface area (TPSA) is 122 Å². The van der Waals surface area contributed by atoms with E-state index in [0.717, 1.165) is 11.3 Å². The van der Waals surface area contributed by atoms with Crippen molar-refractivity contribution in [3.05, 3.63) is 56.6 Å². The Balaban J connectivity index is 1.56. The molecule has 6 rings (SSSR count). The predicted molar refractivity (Wildman–Crippen MR) is 125 cm³/mol. The van der Waals surface area contributed by atoms with Crippen molar-refractivity contribution in [1.29, 1.82) is 0 Å². The van der Waals surface area contributed by atoms with Gasteiger partial charge < -0.3 is 10.1 Å². The van der Waals surface area contributed by atoms with Crippen LogP contribution in [0.3, 0.4) is 0 Å². The van der Waals surface area contributed by atoms with Crippen LogP contribution in [0, 0.1) is 28.9 Å². The Hall–Kier alpha value is -3.50. The predicted octanol–water partition coefficient (Wildman–Crippen LogP) is 3.00. The van der Waals surface area contributed by atoms with E-state index in [2.05, 4.69) is 5.32 Å². The first-order chi connectivity index (χ1) is 16.7. The maximum Gasteiger partial charge on any atom is 0.271 e. The number of amides is 3. The molecule has 3 fully saturated rings. The first-order valence-corrected chi connectivity index (χ1v) is 11.7. The summed E-state index contributed by atoms with van der Waals surface area (Å²) in [6.07, 6.45) is 1.45. The monoisotopic (exact) mass is 496 g/mol. The lowest BCUT2D eigenvalue weighted by Crippen LogP contribution is -2.54. The molecule has 10 nitrogen and oxygen atoms in total. The maximum absolute atomic E-state index is 14.1. The molecule has 0 saturated carbocycles. The molecule has 0 bridgehead atoms. The smallest absolute Gasteiger partial charge is 0.271 e. The zero-order valence-electron chi connectivity index (χ0n) is 18.9. The normalized spacial score (nSPS) is 28.9. The summed E-state index contributed by atoms with van der Waals surface area (Å²) in [5, 5.41) is 14.9. The van der Waals surface area contributed by atoms with E-state index >= 15 is 0 Å². The fraction of sp³-hybridized carbons (Fsp3) is 0.375. The molecular weight excluding hydrogens is 476 g/mol. The highest BCUT2D eigenvalue weighted by Gasteiger charge is 2.75. The number of nitrogens with zero attached hydrogens (tertiary/aromatic N) is 3. The average Bonchev–Trinajstić information content (AvgIpc) is 3.54. The quantitative estimate of drug-likeness (QED) is 0.393. The van der Waals surface area contributed by atoms with E-state index in [-0.39, 0.29) is 29.1 Å². The molecule has 0 radical (unpaired) electrons. The Morgan fingerprint density at radius 2 is 1.97 bits per heavy atom. The molecule has 3 amide bonds. The van der Waals surface area contributed by atoms with Crippen molar-refractivity contribution in [2.24, 2.45) is 11.8 Å². The van der Waals surface area contributed by atoms with Gasteiger partial charge >= 0.3 is 0 Å². The van der Waals surface area contributed by atoms with Gasteiger partial charge in [-0.3, -0.25) is 29.4 Å². The number of benzene rings is 2. The molecule has 0 unspecified atom stereocenters. The van der Waals surface area contributed by atoms with E-state index in [0.29, 0.717) is 34.8 Å². The van der Waals surface area contributed by atoms with Crippen LogP contribution in [0.25, 0.3) is 0 Å². The Morgan fingerprint density at radius 1 is 1.20 bits per heavy atom. The first-order valence-electron chi connectivity index (χ1n) is 11.3. The second-order valence-corrected chi connectivity index (χ2v) is 9.75. The highest BCUT2D eigenvalue weighted by Crippen LogP contribution is 2.61. The number of non-ortho nitro benzene ring substituents is 1. The maximum atomic E-state index is 14.1. The molecule has 2 aromatic carbocycles. The number of hydrogen-bond acceptors (Lipinski definition) is 7. The number of carbonyl (C=O) groups is 3. The van der Waals surface area contributed by atoms with Crippen molar-refractivity contribution in [3.8, 4) is 5.75 Å². The van der Waals surface area contributed by atoms with Crippen molar-refractivity contribution in [3.63, 3.8) is 0 Å². The van der Waals surface area contributed by atoms with E-state index in [1.165, 1.54) is 25.3 Å². The summed E-state index contributed by atoms with van der Waals surface area (Å²) in [4.78, 5) is 55.6. The number of imide groups is 1. The fourth-order valence-electron chi connectivity index (χ4n) is 6.59. The lowest BCUT2D eigenvalue weighted by atomic mass is 9.75. The number of rotatable bonds is 3. The SMILES string of the molecule is COc1ccc([N+](=O)[O-])cc1N1C(=O)[C@H]2[C@@H](C1=O)[C@@]1(C(=O)Nc3c1ccc(Cl)c3C)N1CCC[C@@H]21. The number of hydrogen-bond donors (Lipinski definition) is 1. The Labute approximate surface area is 204 Å². The van der Waals surface area contributed by atoms with Crippen LogP contribution in [0.2, 0.25) is 5.02 Å². The lowest BCUT2D eigenvalue weighted by Gasteiger charge is -2.36. The lowest BCUT2D eigenvalue weighted by molar-refractivity contribution is -0.384. The molecule has 3 saturated heterocycles. The second kappa shape index (κ2) is 7.25. The van der Waals surface area contributed by atoms with Gasteiger partial charge in [0.15, 0.2) is 0 Å². The van der Waals surface area contributed by atoms with Gasteiger partial charge in [0.1, 0.15) is 17.0 Å². The van der Waals surface area contributed by atoms with Gasteiger partial charge in [-0.05, 0) is 44.0 Å². The number of methoxy groups -OCH3 is 1. The fourth-order valence-corrected chi connectivity index (χ4v) is 6.75. The average molecular weight is 497 g/mol. The van der Waals surface area contributed by atoms with Gasteiger partial charge in [0.2, 0.25) is 17.7 Å². The van der Waals surface area contributed by atoms with Crippen molar-refractivity contribution < 1.29 is 24.0 Å². The number of nitro benzene ring substituents is 1. The number of ether oxygens (including phenoxy) is 1. The molecule has 2 aromatic rings. The number of anilines is 2. The van der Waals surface area contributed by atoms with Crippen LogP contribution in [0.4, 0.5) is 17.1 Å². The van der Waals surface area contributed by atoms with Crippen LogP contribution in [-0.4, -0.2) is 47.2 Å². The number of nitro groups is 1. The van der Waals surface area contributed by atoms with Gasteiger partial charge in [-0.1, -0.05) is 17.7 Å². The van der Waals surface area contributed by atoms with Crippen LogP contribution in [0.1, 0.15) is 24.0 Å². The van der Waals surface area contributed by atoms with Gasteiger partial charge in [0.05, 0.1) is 29.6 Å². The zero-order valence-corrected chi connectivity index (χ0v) is 19.7. The highest BCUT2D eigenvalue weighted by atomic mass is 35.5. The van der Waals surface area contributed by atoms with Gasteiger partial charge in [-0.15, -0.1) is 0 Å². The molecule has 4 aliphatic heterocycles. The summed E-state index contributed by atoms with van der Waals surface area (Å²) >= 11 is 6.32. The molecule has 0 aliphatic carbocycles. The molecular formula is C24H21ClN4O6. The van der Waals surface area contributed by atoms with Crippen LogP contribution in [0.15, 0.2) is 30.3 Å². The summed E-state index contributed by atoms with van der Waals surface area (Å²) in [6.45, 7) is 2.38. The minimum Gasteiger partial charge on any atom is -0.495 e. The van der Waals surface area contributed by atoms with E-state index in [4.69, 9.17) is 16.3 Å². The molecule has 35 heavy (non-hydrogen) atoms. The number of nitrogens with one attached hydrogen (secondary N) is 1. The van der Waals surface area contributed by atoms with Crippen LogP contribution in [0.5, 0.6) is 5.75 Å². The third-order valence-corrected chi connectivity index (χ3v) is 8.39. The summed E-state index contributed by atoms with van der Waals surface area (Å²) in [5.74, 6) is -2.98. The van der Waals surface area contributed by atoms with Crippen LogP contribution in [-0.2, 0) is 19.9 Å². The molecule has 180 valence electrons. The first kappa shape index (κ1) is 22.0. The van der Waals surface area contributed by atoms with Gasteiger partial charge in [-0.2, -0.15) is 0 Å².